The molecule has 170 valence electrons. The monoisotopic (exact) mass is 474 g/mol. The number of nitrogens with one attached hydrogen (secondary N) is 1. The Kier molecular flexibility index (Phi) is 6.65. The molecule has 2 heterocycles. The Morgan fingerprint density at radius 1 is 1.09 bits per heavy atom. The Hall–Kier alpha value is -2.28. The molecule has 0 aliphatic carbocycles. The zero-order chi connectivity index (χ0) is 22.9. The molecule has 1 saturated heterocycles. The second kappa shape index (κ2) is 9.30. The van der Waals surface area contributed by atoms with Gasteiger partial charge in [0.15, 0.2) is 0 Å². The summed E-state index contributed by atoms with van der Waals surface area (Å²) < 4.78 is 5.32. The molecule has 32 heavy (non-hydrogen) atoms. The molecular formula is C24H28Cl2N4O2. The fourth-order valence-electron chi connectivity index (χ4n) is 4.47. The Labute approximate surface area is 199 Å². The van der Waals surface area contributed by atoms with Crippen LogP contribution in [0.1, 0.15) is 44.7 Å². The molecule has 0 aromatic heterocycles. The summed E-state index contributed by atoms with van der Waals surface area (Å²) in [5.41, 5.74) is 4.65. The predicted molar refractivity (Wildman–Crippen MR) is 129 cm³/mol. The number of benzene rings is 2. The minimum Gasteiger partial charge on any atom is -0.497 e. The van der Waals surface area contributed by atoms with Crippen molar-refractivity contribution in [2.24, 2.45) is 10.5 Å². The normalized spacial score (nSPS) is 20.7. The van der Waals surface area contributed by atoms with Crippen molar-refractivity contribution in [2.75, 3.05) is 25.2 Å². The first-order chi connectivity index (χ1) is 15.3. The second-order valence-corrected chi connectivity index (χ2v) is 9.62. The summed E-state index contributed by atoms with van der Waals surface area (Å²) in [5, 5.41) is 9.68. The van der Waals surface area contributed by atoms with E-state index in [2.05, 4.69) is 5.43 Å². The molecule has 6 nitrogen and oxygen atoms in total. The number of methoxy groups -OCH3 is 1. The number of ether oxygens (including phenoxy) is 1. The lowest BCUT2D eigenvalue weighted by atomic mass is 9.77. The molecule has 1 N–H and O–H groups in total. The SMILES string of the molecule is COc1ccc(C2N(c3ccc(Cl)cc3Cl)N=C(C(=O)NN3CCCCC3)C2(C)C)cc1. The number of anilines is 1. The van der Waals surface area contributed by atoms with Gasteiger partial charge in [-0.15, -0.1) is 0 Å². The lowest BCUT2D eigenvalue weighted by Gasteiger charge is -2.34. The maximum Gasteiger partial charge on any atom is 0.282 e. The first kappa shape index (κ1) is 22.9. The lowest BCUT2D eigenvalue weighted by molar-refractivity contribution is -0.120. The molecule has 0 saturated carbocycles. The van der Waals surface area contributed by atoms with Crippen LogP contribution < -0.4 is 15.2 Å². The topological polar surface area (TPSA) is 57.2 Å². The zero-order valence-corrected chi connectivity index (χ0v) is 20.1. The van der Waals surface area contributed by atoms with Gasteiger partial charge >= 0.3 is 0 Å². The summed E-state index contributed by atoms with van der Waals surface area (Å²) in [4.78, 5) is 13.3. The van der Waals surface area contributed by atoms with Gasteiger partial charge in [-0.1, -0.05) is 55.6 Å². The molecule has 0 spiro atoms. The lowest BCUT2D eigenvalue weighted by Crippen LogP contribution is -2.50. The fourth-order valence-corrected chi connectivity index (χ4v) is 4.97. The average Bonchev–Trinajstić information content (AvgIpc) is 3.05. The van der Waals surface area contributed by atoms with Gasteiger partial charge in [-0.05, 0) is 48.7 Å². The van der Waals surface area contributed by atoms with Gasteiger partial charge in [0.1, 0.15) is 11.5 Å². The minimum atomic E-state index is -0.586. The van der Waals surface area contributed by atoms with E-state index in [1.165, 1.54) is 6.42 Å². The van der Waals surface area contributed by atoms with E-state index in [1.807, 2.05) is 54.2 Å². The number of halogens is 2. The van der Waals surface area contributed by atoms with Crippen LogP contribution >= 0.6 is 23.2 Å². The highest BCUT2D eigenvalue weighted by Gasteiger charge is 2.49. The highest BCUT2D eigenvalue weighted by Crippen LogP contribution is 2.49. The van der Waals surface area contributed by atoms with Gasteiger partial charge in [0, 0.05) is 23.5 Å². The highest BCUT2D eigenvalue weighted by atomic mass is 35.5. The number of hydrogen-bond acceptors (Lipinski definition) is 5. The van der Waals surface area contributed by atoms with Crippen molar-refractivity contribution in [2.45, 2.75) is 39.2 Å². The summed E-state index contributed by atoms with van der Waals surface area (Å²) in [7, 11) is 1.64. The number of carbonyl (C=O) groups excluding carboxylic acids is 1. The quantitative estimate of drug-likeness (QED) is 0.624. The smallest absolute Gasteiger partial charge is 0.282 e. The third-order valence-corrected chi connectivity index (χ3v) is 6.70. The first-order valence-electron chi connectivity index (χ1n) is 10.8. The van der Waals surface area contributed by atoms with E-state index in [9.17, 15) is 4.79 Å². The number of nitrogens with zero attached hydrogens (tertiary/aromatic N) is 3. The van der Waals surface area contributed by atoms with Gasteiger partial charge in [0.25, 0.3) is 5.91 Å². The van der Waals surface area contributed by atoms with Gasteiger partial charge in [-0.2, -0.15) is 5.10 Å². The molecule has 0 bridgehead atoms. The van der Waals surface area contributed by atoms with Crippen LogP contribution in [0.2, 0.25) is 10.0 Å². The van der Waals surface area contributed by atoms with E-state index in [4.69, 9.17) is 33.0 Å². The Bertz CT molecular complexity index is 1020. The van der Waals surface area contributed by atoms with Gasteiger partial charge in [0.05, 0.1) is 23.9 Å². The van der Waals surface area contributed by atoms with Crippen LogP contribution in [0, 0.1) is 5.41 Å². The van der Waals surface area contributed by atoms with Crippen molar-refractivity contribution in [1.82, 2.24) is 10.4 Å². The Balaban J connectivity index is 1.73. The maximum atomic E-state index is 13.3. The molecule has 4 rings (SSSR count). The summed E-state index contributed by atoms with van der Waals surface area (Å²) in [6, 6.07) is 12.9. The number of hydrazine groups is 1. The number of carbonyl (C=O) groups is 1. The second-order valence-electron chi connectivity index (χ2n) is 8.77. The molecular weight excluding hydrogens is 447 g/mol. The van der Waals surface area contributed by atoms with Crippen molar-refractivity contribution in [1.29, 1.82) is 0 Å². The molecule has 2 aromatic carbocycles. The molecule has 1 fully saturated rings. The summed E-state index contributed by atoms with van der Waals surface area (Å²) in [6.07, 6.45) is 3.36. The van der Waals surface area contributed by atoms with Crippen LogP contribution in [-0.2, 0) is 4.79 Å². The van der Waals surface area contributed by atoms with E-state index in [0.29, 0.717) is 21.4 Å². The van der Waals surface area contributed by atoms with Gasteiger partial charge in [-0.25, -0.2) is 5.01 Å². The van der Waals surface area contributed by atoms with Crippen molar-refractivity contribution in [3.63, 3.8) is 0 Å². The molecule has 0 radical (unpaired) electrons. The summed E-state index contributed by atoms with van der Waals surface area (Å²) in [6.45, 7) is 5.79. The number of amides is 1. The molecule has 2 aliphatic heterocycles. The molecule has 1 atom stereocenters. The largest absolute Gasteiger partial charge is 0.497 e. The Morgan fingerprint density at radius 3 is 2.41 bits per heavy atom. The number of hydrogen-bond donors (Lipinski definition) is 1. The van der Waals surface area contributed by atoms with Crippen LogP contribution in [0.25, 0.3) is 0 Å². The zero-order valence-electron chi connectivity index (χ0n) is 18.6. The minimum absolute atomic E-state index is 0.178. The molecule has 1 unspecified atom stereocenters. The number of rotatable bonds is 5. The Morgan fingerprint density at radius 2 is 1.78 bits per heavy atom. The molecule has 2 aromatic rings. The van der Waals surface area contributed by atoms with E-state index < -0.39 is 5.41 Å². The fraction of sp³-hybridized carbons (Fsp3) is 0.417. The number of piperidine rings is 1. The van der Waals surface area contributed by atoms with Gasteiger partial charge in [-0.3, -0.25) is 15.2 Å². The van der Waals surface area contributed by atoms with Crippen LogP contribution in [0.3, 0.4) is 0 Å². The third-order valence-electron chi connectivity index (χ3n) is 6.17. The first-order valence-corrected chi connectivity index (χ1v) is 11.6. The van der Waals surface area contributed by atoms with Crippen LogP contribution in [0.15, 0.2) is 47.6 Å². The van der Waals surface area contributed by atoms with Crippen molar-refractivity contribution in [3.05, 3.63) is 58.1 Å². The summed E-state index contributed by atoms with van der Waals surface area (Å²) >= 11 is 12.7. The van der Waals surface area contributed by atoms with Crippen LogP contribution in [-0.4, -0.2) is 36.8 Å². The van der Waals surface area contributed by atoms with E-state index in [1.54, 1.807) is 19.2 Å². The van der Waals surface area contributed by atoms with E-state index >= 15 is 0 Å². The van der Waals surface area contributed by atoms with Crippen LogP contribution in [0.4, 0.5) is 5.69 Å². The molecule has 1 amide bonds. The average molecular weight is 475 g/mol. The number of hydrazone groups is 1. The molecule has 2 aliphatic rings. The highest BCUT2D eigenvalue weighted by molar-refractivity contribution is 6.42. The standard InChI is InChI=1S/C24H28Cl2N4O2/c1-24(2)21(23(31)28-29-13-5-4-6-14-29)27-30(20-12-9-17(25)15-19(20)26)22(24)16-7-10-18(32-3)11-8-16/h7-12,15,22H,4-6,13-14H2,1-3H3,(H,28,31). The maximum absolute atomic E-state index is 13.3. The third kappa shape index (κ3) is 4.45. The van der Waals surface area contributed by atoms with E-state index in [-0.39, 0.29) is 11.9 Å². The molecule has 8 heteroatoms. The predicted octanol–water partition coefficient (Wildman–Crippen LogP) is 5.46. The summed E-state index contributed by atoms with van der Waals surface area (Å²) in [5.74, 6) is 0.590. The van der Waals surface area contributed by atoms with Crippen molar-refractivity contribution >= 4 is 40.5 Å². The van der Waals surface area contributed by atoms with Crippen LogP contribution in [0.5, 0.6) is 5.75 Å². The van der Waals surface area contributed by atoms with Crippen molar-refractivity contribution in [3.8, 4) is 5.75 Å². The van der Waals surface area contributed by atoms with E-state index in [0.717, 1.165) is 37.2 Å². The van der Waals surface area contributed by atoms with Crippen molar-refractivity contribution < 1.29 is 9.53 Å². The van der Waals surface area contributed by atoms with Gasteiger partial charge < -0.3 is 4.74 Å². The van der Waals surface area contributed by atoms with Gasteiger partial charge in [0.2, 0.25) is 0 Å².